The Morgan fingerprint density at radius 3 is 2.28 bits per heavy atom. The van der Waals surface area contributed by atoms with Crippen LogP contribution >= 0.6 is 35.0 Å². The van der Waals surface area contributed by atoms with Crippen molar-refractivity contribution in [1.29, 1.82) is 0 Å². The van der Waals surface area contributed by atoms with Crippen molar-refractivity contribution in [3.63, 3.8) is 0 Å². The fraction of sp³-hybridized carbons (Fsp3) is 0.143. The molecular weight excluding hydrogens is 285 g/mol. The third-order valence-corrected chi connectivity index (χ3v) is 4.50. The summed E-state index contributed by atoms with van der Waals surface area (Å²) in [5.74, 6) is 0. The number of nitrogens with two attached hydrogens (primary N) is 1. The highest BCUT2D eigenvalue weighted by molar-refractivity contribution is 7.99. The highest BCUT2D eigenvalue weighted by Crippen LogP contribution is 2.37. The van der Waals surface area contributed by atoms with Crippen LogP contribution < -0.4 is 5.73 Å². The van der Waals surface area contributed by atoms with E-state index >= 15 is 0 Å². The standard InChI is InChI=1S/C14H13Cl2NS/c1-9(10-2-4-11(17)5-3-10)18-12-6-7-13(15)14(16)8-12/h2-9H,17H2,1H3. The molecule has 0 aliphatic rings. The van der Waals surface area contributed by atoms with Crippen LogP contribution in [0.5, 0.6) is 0 Å². The van der Waals surface area contributed by atoms with Crippen molar-refractivity contribution < 1.29 is 0 Å². The molecule has 0 aromatic heterocycles. The van der Waals surface area contributed by atoms with Gasteiger partial charge in [0.25, 0.3) is 0 Å². The van der Waals surface area contributed by atoms with E-state index in [-0.39, 0.29) is 0 Å². The number of rotatable bonds is 3. The van der Waals surface area contributed by atoms with Gasteiger partial charge in [0.15, 0.2) is 0 Å². The molecule has 18 heavy (non-hydrogen) atoms. The topological polar surface area (TPSA) is 26.0 Å². The number of nitrogen functional groups attached to an aromatic ring is 1. The molecule has 4 heteroatoms. The van der Waals surface area contributed by atoms with Gasteiger partial charge in [0, 0.05) is 15.8 Å². The molecule has 0 radical (unpaired) electrons. The highest BCUT2D eigenvalue weighted by atomic mass is 35.5. The molecule has 0 heterocycles. The van der Waals surface area contributed by atoms with Crippen LogP contribution in [0.1, 0.15) is 17.7 Å². The third-order valence-electron chi connectivity index (χ3n) is 2.61. The molecule has 2 aromatic rings. The molecule has 2 N–H and O–H groups in total. The van der Waals surface area contributed by atoms with E-state index in [0.29, 0.717) is 15.3 Å². The number of anilines is 1. The Kier molecular flexibility index (Phi) is 4.44. The lowest BCUT2D eigenvalue weighted by Gasteiger charge is -2.12. The second kappa shape index (κ2) is 5.87. The van der Waals surface area contributed by atoms with E-state index in [1.54, 1.807) is 11.8 Å². The molecule has 1 nitrogen and oxygen atoms in total. The van der Waals surface area contributed by atoms with Gasteiger partial charge in [-0.1, -0.05) is 35.3 Å². The number of thioether (sulfide) groups is 1. The van der Waals surface area contributed by atoms with Gasteiger partial charge < -0.3 is 5.73 Å². The predicted octanol–water partition coefficient (Wildman–Crippen LogP) is 5.43. The van der Waals surface area contributed by atoms with Crippen LogP contribution in [0, 0.1) is 0 Å². The largest absolute Gasteiger partial charge is 0.399 e. The van der Waals surface area contributed by atoms with Gasteiger partial charge in [0.2, 0.25) is 0 Å². The summed E-state index contributed by atoms with van der Waals surface area (Å²) in [6.45, 7) is 2.15. The maximum atomic E-state index is 6.00. The van der Waals surface area contributed by atoms with E-state index in [0.717, 1.165) is 10.6 Å². The summed E-state index contributed by atoms with van der Waals surface area (Å²) in [5.41, 5.74) is 7.70. The van der Waals surface area contributed by atoms with Gasteiger partial charge in [-0.25, -0.2) is 0 Å². The highest BCUT2D eigenvalue weighted by Gasteiger charge is 2.08. The van der Waals surface area contributed by atoms with E-state index in [2.05, 4.69) is 6.92 Å². The van der Waals surface area contributed by atoms with Gasteiger partial charge in [-0.05, 0) is 42.8 Å². The summed E-state index contributed by atoms with van der Waals surface area (Å²) in [4.78, 5) is 1.11. The molecule has 2 aromatic carbocycles. The smallest absolute Gasteiger partial charge is 0.0603 e. The minimum Gasteiger partial charge on any atom is -0.399 e. The van der Waals surface area contributed by atoms with Gasteiger partial charge in [-0.15, -0.1) is 11.8 Å². The van der Waals surface area contributed by atoms with Crippen molar-refractivity contribution in [3.05, 3.63) is 58.1 Å². The van der Waals surface area contributed by atoms with Crippen molar-refractivity contribution >= 4 is 40.7 Å². The molecule has 0 fully saturated rings. The van der Waals surface area contributed by atoms with E-state index in [4.69, 9.17) is 28.9 Å². The number of hydrogen-bond donors (Lipinski definition) is 1. The molecule has 1 atom stereocenters. The van der Waals surface area contributed by atoms with E-state index in [1.807, 2.05) is 42.5 Å². The molecular formula is C14H13Cl2NS. The summed E-state index contributed by atoms with van der Waals surface area (Å²) in [5, 5.41) is 1.51. The zero-order chi connectivity index (χ0) is 13.1. The Labute approximate surface area is 121 Å². The SMILES string of the molecule is CC(Sc1ccc(Cl)c(Cl)c1)c1ccc(N)cc1. The van der Waals surface area contributed by atoms with Gasteiger partial charge in [-0.3, -0.25) is 0 Å². The zero-order valence-corrected chi connectivity index (χ0v) is 12.2. The number of halogens is 2. The van der Waals surface area contributed by atoms with Gasteiger partial charge in [0.05, 0.1) is 10.0 Å². The molecule has 0 saturated heterocycles. The van der Waals surface area contributed by atoms with Crippen molar-refractivity contribution in [2.45, 2.75) is 17.1 Å². The van der Waals surface area contributed by atoms with Crippen LogP contribution in [-0.4, -0.2) is 0 Å². The van der Waals surface area contributed by atoms with Crippen molar-refractivity contribution in [2.24, 2.45) is 0 Å². The Hall–Kier alpha value is -0.830. The van der Waals surface area contributed by atoms with Gasteiger partial charge in [-0.2, -0.15) is 0 Å². The van der Waals surface area contributed by atoms with E-state index < -0.39 is 0 Å². The fourth-order valence-corrected chi connectivity index (χ4v) is 2.99. The van der Waals surface area contributed by atoms with Crippen LogP contribution in [0.2, 0.25) is 10.0 Å². The summed E-state index contributed by atoms with van der Waals surface area (Å²) < 4.78 is 0. The second-order valence-corrected chi connectivity index (χ2v) is 6.23. The molecule has 0 spiro atoms. The average molecular weight is 298 g/mol. The van der Waals surface area contributed by atoms with Crippen molar-refractivity contribution in [1.82, 2.24) is 0 Å². The molecule has 2 rings (SSSR count). The summed E-state index contributed by atoms with van der Waals surface area (Å²) >= 11 is 13.6. The molecule has 0 aliphatic heterocycles. The lowest BCUT2D eigenvalue weighted by atomic mass is 10.1. The minimum absolute atomic E-state index is 0.336. The Morgan fingerprint density at radius 1 is 1.00 bits per heavy atom. The molecule has 94 valence electrons. The Bertz CT molecular complexity index is 540. The lowest BCUT2D eigenvalue weighted by molar-refractivity contribution is 1.10. The number of benzene rings is 2. The average Bonchev–Trinajstić information content (AvgIpc) is 2.34. The summed E-state index contributed by atoms with van der Waals surface area (Å²) in [7, 11) is 0. The molecule has 0 saturated carbocycles. The Morgan fingerprint density at radius 2 is 1.67 bits per heavy atom. The number of hydrogen-bond acceptors (Lipinski definition) is 2. The normalized spacial score (nSPS) is 12.4. The van der Waals surface area contributed by atoms with Crippen LogP contribution in [0.25, 0.3) is 0 Å². The van der Waals surface area contributed by atoms with Crippen LogP contribution in [-0.2, 0) is 0 Å². The summed E-state index contributed by atoms with van der Waals surface area (Å²) in [6.07, 6.45) is 0. The van der Waals surface area contributed by atoms with Gasteiger partial charge in [0.1, 0.15) is 0 Å². The Balaban J connectivity index is 2.13. The quantitative estimate of drug-likeness (QED) is 0.604. The van der Waals surface area contributed by atoms with Gasteiger partial charge >= 0.3 is 0 Å². The second-order valence-electron chi connectivity index (χ2n) is 4.00. The first-order valence-electron chi connectivity index (χ1n) is 5.53. The zero-order valence-electron chi connectivity index (χ0n) is 9.86. The van der Waals surface area contributed by atoms with Crippen LogP contribution in [0.4, 0.5) is 5.69 Å². The first-order valence-corrected chi connectivity index (χ1v) is 7.17. The first kappa shape index (κ1) is 13.6. The van der Waals surface area contributed by atoms with Crippen LogP contribution in [0.3, 0.4) is 0 Å². The third kappa shape index (κ3) is 3.35. The predicted molar refractivity (Wildman–Crippen MR) is 81.6 cm³/mol. The lowest BCUT2D eigenvalue weighted by Crippen LogP contribution is -1.90. The maximum Gasteiger partial charge on any atom is 0.0603 e. The summed E-state index contributed by atoms with van der Waals surface area (Å²) in [6, 6.07) is 13.6. The van der Waals surface area contributed by atoms with Crippen molar-refractivity contribution in [2.75, 3.05) is 5.73 Å². The monoisotopic (exact) mass is 297 g/mol. The van der Waals surface area contributed by atoms with Crippen LogP contribution in [0.15, 0.2) is 47.4 Å². The maximum absolute atomic E-state index is 6.00. The van der Waals surface area contributed by atoms with Crippen molar-refractivity contribution in [3.8, 4) is 0 Å². The van der Waals surface area contributed by atoms with E-state index in [1.165, 1.54) is 5.56 Å². The molecule has 0 amide bonds. The fourth-order valence-electron chi connectivity index (χ4n) is 1.59. The molecule has 1 unspecified atom stereocenters. The molecule has 0 bridgehead atoms. The molecule has 0 aliphatic carbocycles. The minimum atomic E-state index is 0.336. The van der Waals surface area contributed by atoms with E-state index in [9.17, 15) is 0 Å². The first-order chi connectivity index (χ1) is 8.56.